The predicted octanol–water partition coefficient (Wildman–Crippen LogP) is 4.11. The SMILES string of the molecule is CCOC(=O)C1=C(C)N(c2ccc(F)cc2)C(=S)NC1c1ccc(OC)cc1. The molecule has 5 nitrogen and oxygen atoms in total. The van der Waals surface area contributed by atoms with Crippen molar-refractivity contribution in [1.29, 1.82) is 0 Å². The summed E-state index contributed by atoms with van der Waals surface area (Å²) in [6, 6.07) is 12.9. The highest BCUT2D eigenvalue weighted by atomic mass is 32.1. The maximum Gasteiger partial charge on any atom is 0.338 e. The fourth-order valence-corrected chi connectivity index (χ4v) is 3.52. The van der Waals surface area contributed by atoms with Gasteiger partial charge in [0.2, 0.25) is 0 Å². The van der Waals surface area contributed by atoms with Crippen LogP contribution in [0.3, 0.4) is 0 Å². The molecule has 3 rings (SSSR count). The van der Waals surface area contributed by atoms with E-state index in [2.05, 4.69) is 5.32 Å². The number of halogens is 1. The van der Waals surface area contributed by atoms with Crippen LogP contribution in [-0.4, -0.2) is 24.8 Å². The molecule has 1 unspecified atom stereocenters. The molecule has 1 heterocycles. The highest BCUT2D eigenvalue weighted by Crippen LogP contribution is 2.34. The number of carbonyl (C=O) groups is 1. The van der Waals surface area contributed by atoms with Crippen molar-refractivity contribution in [3.05, 3.63) is 71.2 Å². The Morgan fingerprint density at radius 2 is 1.82 bits per heavy atom. The van der Waals surface area contributed by atoms with Crippen LogP contribution in [-0.2, 0) is 9.53 Å². The van der Waals surface area contributed by atoms with Gasteiger partial charge in [0.1, 0.15) is 11.6 Å². The van der Waals surface area contributed by atoms with E-state index < -0.39 is 12.0 Å². The summed E-state index contributed by atoms with van der Waals surface area (Å²) in [4.78, 5) is 14.5. The number of esters is 1. The Labute approximate surface area is 168 Å². The van der Waals surface area contributed by atoms with Gasteiger partial charge in [-0.05, 0) is 68.0 Å². The number of hydrogen-bond acceptors (Lipinski definition) is 4. The molecule has 28 heavy (non-hydrogen) atoms. The van der Waals surface area contributed by atoms with Crippen molar-refractivity contribution < 1.29 is 18.7 Å². The third-order valence-corrected chi connectivity index (χ3v) is 4.81. The number of nitrogens with zero attached hydrogens (tertiary/aromatic N) is 1. The molecule has 0 spiro atoms. The van der Waals surface area contributed by atoms with Crippen LogP contribution in [0.25, 0.3) is 0 Å². The molecule has 0 aliphatic carbocycles. The summed E-state index contributed by atoms with van der Waals surface area (Å²) >= 11 is 5.56. The lowest BCUT2D eigenvalue weighted by Crippen LogP contribution is -2.48. The van der Waals surface area contributed by atoms with E-state index in [4.69, 9.17) is 21.7 Å². The van der Waals surface area contributed by atoms with E-state index in [9.17, 15) is 9.18 Å². The monoisotopic (exact) mass is 400 g/mol. The minimum Gasteiger partial charge on any atom is -0.497 e. The first kappa shape index (κ1) is 19.8. The number of nitrogens with one attached hydrogen (secondary N) is 1. The highest BCUT2D eigenvalue weighted by molar-refractivity contribution is 7.80. The third-order valence-electron chi connectivity index (χ3n) is 4.51. The number of rotatable bonds is 5. The number of thiocarbonyl (C=S) groups is 1. The van der Waals surface area contributed by atoms with Gasteiger partial charge >= 0.3 is 5.97 Å². The fourth-order valence-electron chi connectivity index (χ4n) is 3.16. The fraction of sp³-hybridized carbons (Fsp3) is 0.238. The largest absolute Gasteiger partial charge is 0.497 e. The Kier molecular flexibility index (Phi) is 5.94. The van der Waals surface area contributed by atoms with E-state index >= 15 is 0 Å². The van der Waals surface area contributed by atoms with Crippen LogP contribution in [0.2, 0.25) is 0 Å². The normalized spacial score (nSPS) is 16.6. The van der Waals surface area contributed by atoms with Crippen LogP contribution in [0.1, 0.15) is 25.5 Å². The summed E-state index contributed by atoms with van der Waals surface area (Å²) in [6.45, 7) is 3.82. The molecule has 0 aromatic heterocycles. The minimum absolute atomic E-state index is 0.256. The summed E-state index contributed by atoms with van der Waals surface area (Å²) in [7, 11) is 1.59. The molecule has 0 amide bonds. The molecule has 0 radical (unpaired) electrons. The van der Waals surface area contributed by atoms with E-state index in [0.717, 1.165) is 5.56 Å². The van der Waals surface area contributed by atoms with Gasteiger partial charge in [-0.3, -0.25) is 4.90 Å². The smallest absolute Gasteiger partial charge is 0.338 e. The number of benzene rings is 2. The first-order valence-corrected chi connectivity index (χ1v) is 9.25. The molecule has 146 valence electrons. The molecular formula is C21H21FN2O3S. The molecule has 0 fully saturated rings. The van der Waals surface area contributed by atoms with Gasteiger partial charge in [0.25, 0.3) is 0 Å². The maximum absolute atomic E-state index is 13.3. The van der Waals surface area contributed by atoms with Crippen LogP contribution in [0.15, 0.2) is 59.8 Å². The number of ether oxygens (including phenoxy) is 2. The third kappa shape index (κ3) is 3.84. The molecule has 1 N–H and O–H groups in total. The Morgan fingerprint density at radius 1 is 1.18 bits per heavy atom. The molecule has 0 bridgehead atoms. The van der Waals surface area contributed by atoms with Gasteiger partial charge in [0.15, 0.2) is 5.11 Å². The van der Waals surface area contributed by atoms with E-state index in [1.165, 1.54) is 12.1 Å². The van der Waals surface area contributed by atoms with Crippen LogP contribution in [0, 0.1) is 5.82 Å². The quantitative estimate of drug-likeness (QED) is 0.602. The van der Waals surface area contributed by atoms with Gasteiger partial charge in [-0.25, -0.2) is 9.18 Å². The van der Waals surface area contributed by atoms with Crippen molar-refractivity contribution in [2.75, 3.05) is 18.6 Å². The van der Waals surface area contributed by atoms with Crippen LogP contribution in [0.5, 0.6) is 5.75 Å². The van der Waals surface area contributed by atoms with E-state index in [1.54, 1.807) is 38.0 Å². The molecule has 2 aromatic carbocycles. The number of carbonyl (C=O) groups excluding carboxylic acids is 1. The summed E-state index contributed by atoms with van der Waals surface area (Å²) < 4.78 is 23.8. The molecule has 1 aliphatic rings. The molecule has 1 atom stereocenters. The van der Waals surface area contributed by atoms with Crippen molar-refractivity contribution in [2.24, 2.45) is 0 Å². The molecule has 0 saturated carbocycles. The summed E-state index contributed by atoms with van der Waals surface area (Å²) in [5.41, 5.74) is 2.59. The van der Waals surface area contributed by atoms with Crippen molar-refractivity contribution in [3.63, 3.8) is 0 Å². The Hall–Kier alpha value is -2.93. The average Bonchev–Trinajstić information content (AvgIpc) is 2.69. The molecule has 1 aliphatic heterocycles. The number of anilines is 1. The van der Waals surface area contributed by atoms with Gasteiger partial charge in [-0.1, -0.05) is 12.1 Å². The molecule has 2 aromatic rings. The summed E-state index contributed by atoms with van der Waals surface area (Å²) in [5.74, 6) is -0.0561. The lowest BCUT2D eigenvalue weighted by atomic mass is 9.94. The van der Waals surface area contributed by atoms with Crippen molar-refractivity contribution in [3.8, 4) is 5.75 Å². The first-order chi connectivity index (χ1) is 13.5. The zero-order valence-corrected chi connectivity index (χ0v) is 16.7. The summed E-state index contributed by atoms with van der Waals surface area (Å²) in [5, 5.41) is 3.63. The molecular weight excluding hydrogens is 379 g/mol. The van der Waals surface area contributed by atoms with Crippen LogP contribution >= 0.6 is 12.2 Å². The van der Waals surface area contributed by atoms with E-state index in [-0.39, 0.29) is 12.4 Å². The van der Waals surface area contributed by atoms with Crippen molar-refractivity contribution in [2.45, 2.75) is 19.9 Å². The van der Waals surface area contributed by atoms with Gasteiger partial charge in [-0.2, -0.15) is 0 Å². The van der Waals surface area contributed by atoms with Crippen molar-refractivity contribution >= 4 is 29.0 Å². The lowest BCUT2D eigenvalue weighted by molar-refractivity contribution is -0.139. The lowest BCUT2D eigenvalue weighted by Gasteiger charge is -2.37. The Balaban J connectivity index is 2.09. The number of allylic oxidation sites excluding steroid dienone is 1. The average molecular weight is 400 g/mol. The molecule has 7 heteroatoms. The van der Waals surface area contributed by atoms with Gasteiger partial charge in [0.05, 0.1) is 25.3 Å². The zero-order valence-electron chi connectivity index (χ0n) is 15.9. The first-order valence-electron chi connectivity index (χ1n) is 8.84. The Bertz CT molecular complexity index is 910. The van der Waals surface area contributed by atoms with Gasteiger partial charge in [0, 0.05) is 11.4 Å². The second-order valence-electron chi connectivity index (χ2n) is 6.19. The topological polar surface area (TPSA) is 50.8 Å². The second-order valence-corrected chi connectivity index (χ2v) is 6.57. The van der Waals surface area contributed by atoms with E-state index in [0.29, 0.717) is 27.8 Å². The minimum atomic E-state index is -0.464. The van der Waals surface area contributed by atoms with Gasteiger partial charge in [-0.15, -0.1) is 0 Å². The standard InChI is InChI=1S/C21H21FN2O3S/c1-4-27-20(25)18-13(2)24(16-9-7-15(22)8-10-16)21(28)23-19(18)14-5-11-17(26-3)12-6-14/h5-12,19H,4H2,1-3H3,(H,23,28). The highest BCUT2D eigenvalue weighted by Gasteiger charge is 2.35. The Morgan fingerprint density at radius 3 is 2.39 bits per heavy atom. The second kappa shape index (κ2) is 8.39. The summed E-state index contributed by atoms with van der Waals surface area (Å²) in [6.07, 6.45) is 0. The number of hydrogen-bond donors (Lipinski definition) is 1. The predicted molar refractivity (Wildman–Crippen MR) is 110 cm³/mol. The van der Waals surface area contributed by atoms with Crippen LogP contribution in [0.4, 0.5) is 10.1 Å². The molecule has 0 saturated heterocycles. The maximum atomic E-state index is 13.3. The van der Waals surface area contributed by atoms with Crippen molar-refractivity contribution in [1.82, 2.24) is 5.32 Å². The van der Waals surface area contributed by atoms with E-state index in [1.807, 2.05) is 24.3 Å². The van der Waals surface area contributed by atoms with Crippen LogP contribution < -0.4 is 15.0 Å². The van der Waals surface area contributed by atoms with Gasteiger partial charge < -0.3 is 14.8 Å². The zero-order chi connectivity index (χ0) is 20.3. The number of methoxy groups -OCH3 is 1.